The first-order chi connectivity index (χ1) is 13.9. The number of hydrogen-bond donors (Lipinski definition) is 1. The molecule has 0 spiro atoms. The van der Waals surface area contributed by atoms with Gasteiger partial charge < -0.3 is 14.6 Å². The van der Waals surface area contributed by atoms with Crippen LogP contribution in [0.3, 0.4) is 0 Å². The molecular weight excluding hydrogens is 391 g/mol. The van der Waals surface area contributed by atoms with Crippen molar-refractivity contribution in [2.75, 3.05) is 25.3 Å². The molecule has 0 aliphatic rings. The molecule has 0 aliphatic heterocycles. The Balaban J connectivity index is 2.23. The van der Waals surface area contributed by atoms with Crippen LogP contribution in [0.1, 0.15) is 13.8 Å². The van der Waals surface area contributed by atoms with Crippen LogP contribution in [0.2, 0.25) is 0 Å². The maximum atomic E-state index is 13.5. The number of nitrogens with zero attached hydrogens (tertiary/aromatic N) is 3. The highest BCUT2D eigenvalue weighted by Crippen LogP contribution is 2.34. The Kier molecular flexibility index (Phi) is 6.76. The molecule has 3 aromatic rings. The third-order valence-electron chi connectivity index (χ3n) is 4.30. The van der Waals surface area contributed by atoms with E-state index in [1.165, 1.54) is 12.1 Å². The van der Waals surface area contributed by atoms with Crippen LogP contribution in [0.25, 0.3) is 22.5 Å². The first kappa shape index (κ1) is 21.1. The molecule has 154 valence electrons. The van der Waals surface area contributed by atoms with Crippen LogP contribution in [0.5, 0.6) is 0 Å². The highest BCUT2D eigenvalue weighted by molar-refractivity contribution is 7.84. The van der Waals surface area contributed by atoms with Crippen LogP contribution < -0.4 is 5.32 Å². The maximum Gasteiger partial charge on any atom is 0.199 e. The lowest BCUT2D eigenvalue weighted by molar-refractivity contribution is 0.185. The molecule has 3 rings (SSSR count). The summed E-state index contributed by atoms with van der Waals surface area (Å²) < 4.78 is 33.1. The molecule has 0 bridgehead atoms. The van der Waals surface area contributed by atoms with Gasteiger partial charge in [0.05, 0.1) is 28.8 Å². The van der Waals surface area contributed by atoms with Crippen LogP contribution >= 0.6 is 0 Å². The lowest BCUT2D eigenvalue weighted by Gasteiger charge is -2.14. The summed E-state index contributed by atoms with van der Waals surface area (Å²) in [5.74, 6) is 0.418. The van der Waals surface area contributed by atoms with E-state index in [4.69, 9.17) is 4.74 Å². The number of halogens is 1. The number of pyridine rings is 1. The molecule has 1 aromatic carbocycles. The van der Waals surface area contributed by atoms with Crippen LogP contribution in [-0.4, -0.2) is 44.8 Å². The molecule has 6 nitrogen and oxygen atoms in total. The second-order valence-corrected chi connectivity index (χ2v) is 8.20. The Morgan fingerprint density at radius 2 is 1.93 bits per heavy atom. The molecule has 29 heavy (non-hydrogen) atoms. The van der Waals surface area contributed by atoms with Crippen LogP contribution in [0.4, 0.5) is 10.2 Å². The number of benzene rings is 1. The van der Waals surface area contributed by atoms with Gasteiger partial charge in [-0.2, -0.15) is 0 Å². The van der Waals surface area contributed by atoms with Crippen molar-refractivity contribution in [2.45, 2.75) is 31.6 Å². The average molecular weight is 417 g/mol. The van der Waals surface area contributed by atoms with Gasteiger partial charge >= 0.3 is 0 Å². The molecular formula is C21H25FN4O2S. The molecule has 0 saturated heterocycles. The number of rotatable bonds is 8. The van der Waals surface area contributed by atoms with Crippen molar-refractivity contribution >= 4 is 16.6 Å². The van der Waals surface area contributed by atoms with Crippen LogP contribution in [-0.2, 0) is 22.1 Å². The third-order valence-corrected chi connectivity index (χ3v) is 5.12. The second kappa shape index (κ2) is 9.28. The molecule has 0 radical (unpaired) electrons. The Bertz CT molecular complexity index is 1000. The Hall–Kier alpha value is -2.58. The van der Waals surface area contributed by atoms with E-state index in [-0.39, 0.29) is 11.9 Å². The predicted molar refractivity (Wildman–Crippen MR) is 114 cm³/mol. The molecule has 1 N–H and O–H groups in total. The minimum atomic E-state index is -1.31. The van der Waals surface area contributed by atoms with Gasteiger partial charge in [0.25, 0.3) is 0 Å². The van der Waals surface area contributed by atoms with Crippen molar-refractivity contribution in [3.8, 4) is 22.5 Å². The molecule has 8 heteroatoms. The summed E-state index contributed by atoms with van der Waals surface area (Å²) in [5, 5.41) is 3.75. The molecule has 1 unspecified atom stereocenters. The van der Waals surface area contributed by atoms with Gasteiger partial charge in [-0.15, -0.1) is 0 Å². The quantitative estimate of drug-likeness (QED) is 0.602. The minimum absolute atomic E-state index is 0.228. The van der Waals surface area contributed by atoms with E-state index >= 15 is 0 Å². The topological polar surface area (TPSA) is 69.0 Å². The number of aromatic nitrogens is 3. The van der Waals surface area contributed by atoms with E-state index in [0.29, 0.717) is 24.0 Å². The lowest BCUT2D eigenvalue weighted by Crippen LogP contribution is -2.12. The van der Waals surface area contributed by atoms with Crippen molar-refractivity contribution in [3.05, 3.63) is 48.4 Å². The number of hydrogen-bond acceptors (Lipinski definition) is 5. The van der Waals surface area contributed by atoms with Gasteiger partial charge in [-0.05, 0) is 50.2 Å². The molecule has 0 fully saturated rings. The number of anilines is 1. The molecule has 1 atom stereocenters. The first-order valence-electron chi connectivity index (χ1n) is 9.32. The zero-order valence-corrected chi connectivity index (χ0v) is 17.8. The Morgan fingerprint density at radius 3 is 2.55 bits per heavy atom. The highest BCUT2D eigenvalue weighted by Gasteiger charge is 2.22. The fraction of sp³-hybridized carbons (Fsp3) is 0.333. The minimum Gasteiger partial charge on any atom is -0.383 e. The fourth-order valence-corrected chi connectivity index (χ4v) is 3.81. The number of methoxy groups -OCH3 is 1. The summed E-state index contributed by atoms with van der Waals surface area (Å²) in [4.78, 5) is 9.05. The van der Waals surface area contributed by atoms with E-state index in [9.17, 15) is 8.60 Å². The zero-order valence-electron chi connectivity index (χ0n) is 17.0. The van der Waals surface area contributed by atoms with Gasteiger partial charge in [0.1, 0.15) is 11.6 Å². The average Bonchev–Trinajstić information content (AvgIpc) is 3.06. The number of nitrogens with one attached hydrogen (secondary N) is 1. The van der Waals surface area contributed by atoms with E-state index in [1.54, 1.807) is 31.7 Å². The zero-order chi connectivity index (χ0) is 21.0. The lowest BCUT2D eigenvalue weighted by atomic mass is 10.1. The predicted octanol–water partition coefficient (Wildman–Crippen LogP) is 3.96. The summed E-state index contributed by atoms with van der Waals surface area (Å²) in [5.41, 5.74) is 3.07. The molecule has 0 amide bonds. The van der Waals surface area contributed by atoms with E-state index in [1.807, 2.05) is 30.5 Å². The van der Waals surface area contributed by atoms with E-state index in [2.05, 4.69) is 15.3 Å². The summed E-state index contributed by atoms with van der Waals surface area (Å²) >= 11 is 0. The van der Waals surface area contributed by atoms with Gasteiger partial charge in [-0.1, -0.05) is 0 Å². The summed E-state index contributed by atoms with van der Waals surface area (Å²) in [6.45, 7) is 5.02. The summed E-state index contributed by atoms with van der Waals surface area (Å²) in [7, 11) is 0.313. The van der Waals surface area contributed by atoms with Gasteiger partial charge in [-0.3, -0.25) is 4.21 Å². The number of imidazole rings is 1. The van der Waals surface area contributed by atoms with Gasteiger partial charge in [0.2, 0.25) is 0 Å². The Labute approximate surface area is 172 Å². The van der Waals surface area contributed by atoms with Crippen molar-refractivity contribution in [3.63, 3.8) is 0 Å². The van der Waals surface area contributed by atoms with Gasteiger partial charge in [-0.25, -0.2) is 14.4 Å². The van der Waals surface area contributed by atoms with Crippen LogP contribution in [0, 0.1) is 5.82 Å². The standard InChI is InChI=1S/C21H25FN4O2S/c1-14(2)24-18-13-16(9-10-23-18)20-19(15-5-7-17(22)8-6-15)25-21(29(4)27)26(20)11-12-28-3/h5-10,13-14H,11-12H2,1-4H3,(H,23,24). The van der Waals surface area contributed by atoms with Crippen LogP contribution in [0.15, 0.2) is 47.8 Å². The van der Waals surface area contributed by atoms with Crippen molar-refractivity contribution in [2.24, 2.45) is 0 Å². The molecule has 0 aliphatic carbocycles. The Morgan fingerprint density at radius 1 is 1.21 bits per heavy atom. The van der Waals surface area contributed by atoms with E-state index in [0.717, 1.165) is 22.6 Å². The summed E-state index contributed by atoms with van der Waals surface area (Å²) in [6, 6.07) is 10.2. The largest absolute Gasteiger partial charge is 0.383 e. The van der Waals surface area contributed by atoms with Gasteiger partial charge in [0.15, 0.2) is 5.16 Å². The molecule has 2 heterocycles. The third kappa shape index (κ3) is 4.89. The SMILES string of the molecule is COCCn1c(S(C)=O)nc(-c2ccc(F)cc2)c1-c1ccnc(NC(C)C)c1. The first-order valence-corrected chi connectivity index (χ1v) is 10.9. The summed E-state index contributed by atoms with van der Waals surface area (Å²) in [6.07, 6.45) is 3.33. The van der Waals surface area contributed by atoms with E-state index < -0.39 is 10.8 Å². The maximum absolute atomic E-state index is 13.5. The fourth-order valence-electron chi connectivity index (χ4n) is 3.10. The van der Waals surface area contributed by atoms with Gasteiger partial charge in [0, 0.05) is 43.3 Å². The van der Waals surface area contributed by atoms with Crippen molar-refractivity contribution < 1.29 is 13.3 Å². The van der Waals surface area contributed by atoms with Crippen molar-refractivity contribution in [1.82, 2.24) is 14.5 Å². The normalized spacial score (nSPS) is 12.3. The smallest absolute Gasteiger partial charge is 0.199 e. The second-order valence-electron chi connectivity index (χ2n) is 6.93. The molecule has 0 saturated carbocycles. The highest BCUT2D eigenvalue weighted by atomic mass is 32.2. The monoisotopic (exact) mass is 416 g/mol. The molecule has 2 aromatic heterocycles. The number of ether oxygens (including phenoxy) is 1. The van der Waals surface area contributed by atoms with Crippen molar-refractivity contribution in [1.29, 1.82) is 0 Å².